The van der Waals surface area contributed by atoms with Crippen LogP contribution in [0.15, 0.2) is 78.9 Å². The molecule has 0 radical (unpaired) electrons. The first kappa shape index (κ1) is 19.0. The minimum Gasteiger partial charge on any atom is -0.504 e. The van der Waals surface area contributed by atoms with Crippen LogP contribution in [0.5, 0.6) is 11.5 Å². The van der Waals surface area contributed by atoms with Gasteiger partial charge in [-0.05, 0) is 47.5 Å². The number of phenols is 1. The SMILES string of the molecule is COc1ccc(/C=C\C(=O)Nc2cccc(NCc3ccccc3)c2)cc1O. The van der Waals surface area contributed by atoms with Gasteiger partial charge >= 0.3 is 0 Å². The Morgan fingerprint density at radius 2 is 1.79 bits per heavy atom. The molecule has 1 amide bonds. The molecule has 3 N–H and O–H groups in total. The van der Waals surface area contributed by atoms with Gasteiger partial charge in [0.25, 0.3) is 0 Å². The number of hydrogen-bond donors (Lipinski definition) is 3. The van der Waals surface area contributed by atoms with Crippen molar-refractivity contribution in [3.63, 3.8) is 0 Å². The fraction of sp³-hybridized carbons (Fsp3) is 0.0870. The summed E-state index contributed by atoms with van der Waals surface area (Å²) in [5, 5.41) is 16.0. The quantitative estimate of drug-likeness (QED) is 0.526. The normalized spacial score (nSPS) is 10.6. The third-order valence-electron chi connectivity index (χ3n) is 4.10. The van der Waals surface area contributed by atoms with Crippen molar-refractivity contribution in [1.82, 2.24) is 0 Å². The highest BCUT2D eigenvalue weighted by Gasteiger charge is 2.02. The van der Waals surface area contributed by atoms with Gasteiger partial charge in [0.2, 0.25) is 5.91 Å². The Morgan fingerprint density at radius 3 is 2.54 bits per heavy atom. The van der Waals surface area contributed by atoms with Crippen LogP contribution in [0.25, 0.3) is 6.08 Å². The summed E-state index contributed by atoms with van der Waals surface area (Å²) < 4.78 is 5.00. The monoisotopic (exact) mass is 374 g/mol. The zero-order chi connectivity index (χ0) is 19.8. The van der Waals surface area contributed by atoms with Crippen molar-refractivity contribution in [2.24, 2.45) is 0 Å². The highest BCUT2D eigenvalue weighted by molar-refractivity contribution is 6.02. The van der Waals surface area contributed by atoms with Gasteiger partial charge in [0, 0.05) is 24.0 Å². The lowest BCUT2D eigenvalue weighted by atomic mass is 10.2. The number of aromatic hydroxyl groups is 1. The van der Waals surface area contributed by atoms with Crippen molar-refractivity contribution in [3.8, 4) is 11.5 Å². The number of nitrogens with one attached hydrogen (secondary N) is 2. The van der Waals surface area contributed by atoms with Gasteiger partial charge < -0.3 is 20.5 Å². The van der Waals surface area contributed by atoms with E-state index in [0.29, 0.717) is 23.5 Å². The van der Waals surface area contributed by atoms with E-state index in [0.717, 1.165) is 5.69 Å². The maximum atomic E-state index is 12.2. The minimum atomic E-state index is -0.254. The van der Waals surface area contributed by atoms with E-state index in [9.17, 15) is 9.90 Å². The summed E-state index contributed by atoms with van der Waals surface area (Å²) in [4.78, 5) is 12.2. The third kappa shape index (κ3) is 5.38. The lowest BCUT2D eigenvalue weighted by Gasteiger charge is -2.09. The molecule has 0 unspecified atom stereocenters. The highest BCUT2D eigenvalue weighted by Crippen LogP contribution is 2.26. The van der Waals surface area contributed by atoms with Gasteiger partial charge in [0.1, 0.15) is 0 Å². The second-order valence-electron chi connectivity index (χ2n) is 6.17. The summed E-state index contributed by atoms with van der Waals surface area (Å²) in [7, 11) is 1.49. The summed E-state index contributed by atoms with van der Waals surface area (Å²) in [6.45, 7) is 0.707. The summed E-state index contributed by atoms with van der Waals surface area (Å²) in [5.41, 5.74) is 3.50. The van der Waals surface area contributed by atoms with Crippen molar-refractivity contribution in [2.75, 3.05) is 17.7 Å². The Hall–Kier alpha value is -3.73. The molecular weight excluding hydrogens is 352 g/mol. The second kappa shape index (κ2) is 9.28. The smallest absolute Gasteiger partial charge is 0.248 e. The Bertz CT molecular complexity index is 969. The van der Waals surface area contributed by atoms with Crippen molar-refractivity contribution in [2.45, 2.75) is 6.54 Å². The van der Waals surface area contributed by atoms with Crippen LogP contribution >= 0.6 is 0 Å². The number of carbonyl (C=O) groups is 1. The van der Waals surface area contributed by atoms with Gasteiger partial charge in [0.05, 0.1) is 7.11 Å². The van der Waals surface area contributed by atoms with Gasteiger partial charge in [-0.1, -0.05) is 42.5 Å². The zero-order valence-electron chi connectivity index (χ0n) is 15.6. The van der Waals surface area contributed by atoms with Crippen molar-refractivity contribution in [1.29, 1.82) is 0 Å². The first-order valence-electron chi connectivity index (χ1n) is 8.88. The second-order valence-corrected chi connectivity index (χ2v) is 6.17. The molecule has 3 aromatic carbocycles. The van der Waals surface area contributed by atoms with E-state index in [1.807, 2.05) is 42.5 Å². The molecular formula is C23H22N2O3. The molecule has 0 fully saturated rings. The Labute approximate surface area is 164 Å². The number of methoxy groups -OCH3 is 1. The number of phenolic OH excluding ortho intramolecular Hbond substituents is 1. The molecule has 5 nitrogen and oxygen atoms in total. The fourth-order valence-corrected chi connectivity index (χ4v) is 2.67. The molecule has 0 bridgehead atoms. The van der Waals surface area contributed by atoms with Gasteiger partial charge in [-0.2, -0.15) is 0 Å². The molecule has 0 saturated heterocycles. The average molecular weight is 374 g/mol. The zero-order valence-corrected chi connectivity index (χ0v) is 15.6. The number of benzene rings is 3. The molecule has 5 heteroatoms. The van der Waals surface area contributed by atoms with E-state index in [1.54, 1.807) is 18.2 Å². The van der Waals surface area contributed by atoms with E-state index in [-0.39, 0.29) is 11.7 Å². The summed E-state index contributed by atoms with van der Waals surface area (Å²) in [6.07, 6.45) is 3.05. The van der Waals surface area contributed by atoms with Crippen LogP contribution in [0, 0.1) is 0 Å². The van der Waals surface area contributed by atoms with Crippen molar-refractivity contribution < 1.29 is 14.6 Å². The molecule has 0 aliphatic carbocycles. The molecule has 3 aromatic rings. The van der Waals surface area contributed by atoms with Gasteiger partial charge in [0.15, 0.2) is 11.5 Å². The highest BCUT2D eigenvalue weighted by atomic mass is 16.5. The predicted molar refractivity (Wildman–Crippen MR) is 113 cm³/mol. The number of rotatable bonds is 7. The van der Waals surface area contributed by atoms with Crippen LogP contribution in [-0.2, 0) is 11.3 Å². The largest absolute Gasteiger partial charge is 0.504 e. The van der Waals surface area contributed by atoms with Gasteiger partial charge in [-0.25, -0.2) is 0 Å². The number of ether oxygens (including phenoxy) is 1. The molecule has 28 heavy (non-hydrogen) atoms. The summed E-state index contributed by atoms with van der Waals surface area (Å²) in [5.74, 6) is 0.166. The average Bonchev–Trinajstić information content (AvgIpc) is 2.72. The number of carbonyl (C=O) groups excluding carboxylic acids is 1. The van der Waals surface area contributed by atoms with E-state index < -0.39 is 0 Å². The molecule has 0 aliphatic rings. The summed E-state index contributed by atoms with van der Waals surface area (Å²) >= 11 is 0. The van der Waals surface area contributed by atoms with Crippen molar-refractivity contribution in [3.05, 3.63) is 90.0 Å². The Morgan fingerprint density at radius 1 is 1.00 bits per heavy atom. The standard InChI is InChI=1S/C23H22N2O3/c1-28-22-12-10-17(14-21(22)26)11-13-23(27)25-20-9-5-8-19(15-20)24-16-18-6-3-2-4-7-18/h2-15,24,26H,16H2,1H3,(H,25,27)/b13-11-. The van der Waals surface area contributed by atoms with Crippen LogP contribution in [0.1, 0.15) is 11.1 Å². The first-order chi connectivity index (χ1) is 13.6. The number of hydrogen-bond acceptors (Lipinski definition) is 4. The van der Waals surface area contributed by atoms with Gasteiger partial charge in [-0.15, -0.1) is 0 Å². The molecule has 0 aromatic heterocycles. The molecule has 142 valence electrons. The van der Waals surface area contributed by atoms with E-state index in [2.05, 4.69) is 22.8 Å². The Balaban J connectivity index is 1.58. The first-order valence-corrected chi connectivity index (χ1v) is 8.88. The van der Waals surface area contributed by atoms with Crippen LogP contribution < -0.4 is 15.4 Å². The maximum Gasteiger partial charge on any atom is 0.248 e. The number of amides is 1. The van der Waals surface area contributed by atoms with Crippen LogP contribution in [-0.4, -0.2) is 18.1 Å². The predicted octanol–water partition coefficient (Wildman–Crippen LogP) is 4.66. The molecule has 0 aliphatic heterocycles. The molecule has 0 heterocycles. The molecule has 0 spiro atoms. The van der Waals surface area contributed by atoms with Crippen LogP contribution in [0.2, 0.25) is 0 Å². The minimum absolute atomic E-state index is 0.0299. The third-order valence-corrected chi connectivity index (χ3v) is 4.10. The molecule has 0 atom stereocenters. The van der Waals surface area contributed by atoms with E-state index >= 15 is 0 Å². The topological polar surface area (TPSA) is 70.6 Å². The van der Waals surface area contributed by atoms with Crippen LogP contribution in [0.3, 0.4) is 0 Å². The Kier molecular flexibility index (Phi) is 6.31. The van der Waals surface area contributed by atoms with E-state index in [4.69, 9.17) is 4.74 Å². The van der Waals surface area contributed by atoms with Crippen molar-refractivity contribution >= 4 is 23.4 Å². The fourth-order valence-electron chi connectivity index (χ4n) is 2.67. The number of anilines is 2. The van der Waals surface area contributed by atoms with Gasteiger partial charge in [-0.3, -0.25) is 4.79 Å². The molecule has 0 saturated carbocycles. The van der Waals surface area contributed by atoms with Crippen LogP contribution in [0.4, 0.5) is 11.4 Å². The summed E-state index contributed by atoms with van der Waals surface area (Å²) in [6, 6.07) is 22.6. The van der Waals surface area contributed by atoms with E-state index in [1.165, 1.54) is 24.8 Å². The maximum absolute atomic E-state index is 12.2. The lowest BCUT2D eigenvalue weighted by molar-refractivity contribution is -0.111. The molecule has 3 rings (SSSR count). The lowest BCUT2D eigenvalue weighted by Crippen LogP contribution is -2.08.